The van der Waals surface area contributed by atoms with Gasteiger partial charge in [0.2, 0.25) is 0 Å². The van der Waals surface area contributed by atoms with Gasteiger partial charge in [0.05, 0.1) is 6.54 Å². The topological polar surface area (TPSA) is 12.4 Å². The van der Waals surface area contributed by atoms with E-state index in [0.29, 0.717) is 0 Å². The van der Waals surface area contributed by atoms with Crippen molar-refractivity contribution >= 4 is 18.1 Å². The number of nitrogens with zero attached hydrogens (tertiary/aromatic N) is 1. The lowest BCUT2D eigenvalue weighted by Crippen LogP contribution is -2.07. The van der Waals surface area contributed by atoms with E-state index in [-0.39, 0.29) is 5.41 Å². The Kier molecular flexibility index (Phi) is 2.68. The molecule has 0 atom stereocenters. The zero-order chi connectivity index (χ0) is 9.19. The third kappa shape index (κ3) is 2.18. The van der Waals surface area contributed by atoms with Gasteiger partial charge in [0.15, 0.2) is 0 Å². The predicted octanol–water partition coefficient (Wildman–Crippen LogP) is 3.25. The monoisotopic (exact) mass is 181 g/mol. The predicted molar refractivity (Wildman–Crippen MR) is 56.3 cm³/mol. The van der Waals surface area contributed by atoms with Crippen LogP contribution < -0.4 is 0 Å². The third-order valence-electron chi connectivity index (χ3n) is 1.69. The maximum absolute atomic E-state index is 3.86. The lowest BCUT2D eigenvalue weighted by Gasteiger charge is -2.15. The summed E-state index contributed by atoms with van der Waals surface area (Å²) < 4.78 is 0. The van der Waals surface area contributed by atoms with Crippen molar-refractivity contribution in [1.29, 1.82) is 0 Å². The highest BCUT2D eigenvalue weighted by atomic mass is 32.1. The molecule has 0 saturated carbocycles. The van der Waals surface area contributed by atoms with E-state index >= 15 is 0 Å². The second-order valence-electron chi connectivity index (χ2n) is 3.95. The molecule has 1 heterocycles. The molecule has 0 aliphatic carbocycles. The van der Waals surface area contributed by atoms with Gasteiger partial charge < -0.3 is 0 Å². The van der Waals surface area contributed by atoms with E-state index in [4.69, 9.17) is 0 Å². The second-order valence-corrected chi connectivity index (χ2v) is 4.86. The minimum absolute atomic E-state index is 0.268. The summed E-state index contributed by atoms with van der Waals surface area (Å²) in [5.74, 6) is 0. The van der Waals surface area contributed by atoms with E-state index in [2.05, 4.69) is 43.9 Å². The van der Waals surface area contributed by atoms with Crippen molar-refractivity contribution < 1.29 is 0 Å². The molecule has 0 unspecified atom stereocenters. The van der Waals surface area contributed by atoms with Crippen molar-refractivity contribution in [3.8, 4) is 0 Å². The molecule has 0 N–H and O–H groups in total. The zero-order valence-electron chi connectivity index (χ0n) is 7.92. The van der Waals surface area contributed by atoms with E-state index in [0.717, 1.165) is 6.54 Å². The molecule has 2 heteroatoms. The first-order valence-electron chi connectivity index (χ1n) is 4.04. The van der Waals surface area contributed by atoms with Gasteiger partial charge in [-0.15, -0.1) is 11.3 Å². The molecule has 1 aromatic heterocycles. The Morgan fingerprint density at radius 2 is 2.17 bits per heavy atom. The summed E-state index contributed by atoms with van der Waals surface area (Å²) in [5, 5.41) is 2.16. The minimum Gasteiger partial charge on any atom is -0.296 e. The molecule has 0 aromatic carbocycles. The van der Waals surface area contributed by atoms with Crippen molar-refractivity contribution in [2.24, 2.45) is 4.99 Å². The molecule has 1 aromatic rings. The Morgan fingerprint density at radius 3 is 2.58 bits per heavy atom. The quantitative estimate of drug-likeness (QED) is 0.621. The molecular weight excluding hydrogens is 166 g/mol. The molecule has 12 heavy (non-hydrogen) atoms. The maximum Gasteiger partial charge on any atom is 0.0640 e. The first-order valence-corrected chi connectivity index (χ1v) is 4.92. The lowest BCUT2D eigenvalue weighted by molar-refractivity contribution is 0.603. The van der Waals surface area contributed by atoms with Gasteiger partial charge in [-0.2, -0.15) is 0 Å². The molecular formula is C10H15NS. The molecule has 0 radical (unpaired) electrons. The summed E-state index contributed by atoms with van der Waals surface area (Å²) in [6.45, 7) is 10.9. The molecule has 1 rings (SSSR count). The fraction of sp³-hybridized carbons (Fsp3) is 0.500. The summed E-state index contributed by atoms with van der Waals surface area (Å²) in [6.07, 6.45) is 0. The van der Waals surface area contributed by atoms with Gasteiger partial charge in [0, 0.05) is 4.88 Å². The van der Waals surface area contributed by atoms with Crippen LogP contribution in [0.15, 0.2) is 16.4 Å². The Morgan fingerprint density at radius 1 is 1.50 bits per heavy atom. The van der Waals surface area contributed by atoms with Crippen LogP contribution >= 0.6 is 11.3 Å². The molecule has 1 nitrogen and oxygen atoms in total. The molecule has 0 aliphatic heterocycles. The van der Waals surface area contributed by atoms with E-state index in [9.17, 15) is 0 Å². The highest BCUT2D eigenvalue weighted by molar-refractivity contribution is 7.10. The van der Waals surface area contributed by atoms with E-state index in [1.165, 1.54) is 10.4 Å². The lowest BCUT2D eigenvalue weighted by atomic mass is 9.94. The fourth-order valence-electron chi connectivity index (χ4n) is 0.981. The Labute approximate surface area is 78.2 Å². The summed E-state index contributed by atoms with van der Waals surface area (Å²) in [5.41, 5.74) is 1.55. The van der Waals surface area contributed by atoms with Crippen LogP contribution in [-0.2, 0) is 12.0 Å². The van der Waals surface area contributed by atoms with Gasteiger partial charge in [0.25, 0.3) is 0 Å². The zero-order valence-corrected chi connectivity index (χ0v) is 8.74. The first-order chi connectivity index (χ1) is 5.54. The van der Waals surface area contributed by atoms with E-state index < -0.39 is 0 Å². The van der Waals surface area contributed by atoms with Gasteiger partial charge >= 0.3 is 0 Å². The third-order valence-corrected chi connectivity index (χ3v) is 3.09. The average Bonchev–Trinajstić information content (AvgIpc) is 2.35. The van der Waals surface area contributed by atoms with Gasteiger partial charge in [-0.1, -0.05) is 20.8 Å². The smallest absolute Gasteiger partial charge is 0.0640 e. The molecule has 66 valence electrons. The minimum atomic E-state index is 0.268. The number of aliphatic imine (C=N–C) groups is 1. The van der Waals surface area contributed by atoms with Crippen LogP contribution in [0.2, 0.25) is 0 Å². The molecule has 0 amide bonds. The number of thiophene rings is 1. The SMILES string of the molecule is C=NCc1csc(C(C)(C)C)c1. The van der Waals surface area contributed by atoms with Crippen LogP contribution in [0.25, 0.3) is 0 Å². The number of hydrogen-bond donors (Lipinski definition) is 0. The van der Waals surface area contributed by atoms with E-state index in [1.807, 2.05) is 11.3 Å². The number of hydrogen-bond acceptors (Lipinski definition) is 2. The van der Waals surface area contributed by atoms with Gasteiger partial charge in [0.1, 0.15) is 0 Å². The van der Waals surface area contributed by atoms with Gasteiger partial charge in [-0.25, -0.2) is 0 Å². The van der Waals surface area contributed by atoms with Crippen molar-refractivity contribution in [3.63, 3.8) is 0 Å². The largest absolute Gasteiger partial charge is 0.296 e. The highest BCUT2D eigenvalue weighted by Crippen LogP contribution is 2.28. The van der Waals surface area contributed by atoms with Crippen molar-refractivity contribution in [2.45, 2.75) is 32.7 Å². The normalized spacial score (nSPS) is 11.6. The Bertz CT molecular complexity index is 268. The summed E-state index contributed by atoms with van der Waals surface area (Å²) in [7, 11) is 0. The second kappa shape index (κ2) is 3.40. The van der Waals surface area contributed by atoms with Crippen LogP contribution in [0.1, 0.15) is 31.2 Å². The van der Waals surface area contributed by atoms with Crippen LogP contribution in [0, 0.1) is 0 Å². The Balaban J connectivity index is 2.84. The van der Waals surface area contributed by atoms with Gasteiger partial charge in [-0.3, -0.25) is 4.99 Å². The molecule has 0 fully saturated rings. The highest BCUT2D eigenvalue weighted by Gasteiger charge is 2.15. The summed E-state index contributed by atoms with van der Waals surface area (Å²) >= 11 is 1.81. The van der Waals surface area contributed by atoms with Crippen molar-refractivity contribution in [1.82, 2.24) is 0 Å². The summed E-state index contributed by atoms with van der Waals surface area (Å²) in [4.78, 5) is 5.28. The average molecular weight is 181 g/mol. The van der Waals surface area contributed by atoms with Crippen molar-refractivity contribution in [3.05, 3.63) is 21.9 Å². The van der Waals surface area contributed by atoms with E-state index in [1.54, 1.807) is 0 Å². The first kappa shape index (κ1) is 9.46. The fourth-order valence-corrected chi connectivity index (χ4v) is 1.97. The van der Waals surface area contributed by atoms with Crippen LogP contribution in [0.4, 0.5) is 0 Å². The van der Waals surface area contributed by atoms with Crippen LogP contribution in [0.5, 0.6) is 0 Å². The van der Waals surface area contributed by atoms with Crippen LogP contribution in [0.3, 0.4) is 0 Å². The van der Waals surface area contributed by atoms with Gasteiger partial charge in [-0.05, 0) is 29.1 Å². The molecule has 0 bridgehead atoms. The maximum atomic E-state index is 3.86. The standard InChI is InChI=1S/C10H15NS/c1-10(2,3)9-5-8(6-11-4)7-12-9/h5,7H,4,6H2,1-3H3. The Hall–Kier alpha value is -0.630. The van der Waals surface area contributed by atoms with Crippen LogP contribution in [-0.4, -0.2) is 6.72 Å². The number of rotatable bonds is 2. The molecule has 0 saturated heterocycles. The molecule has 0 spiro atoms. The summed E-state index contributed by atoms with van der Waals surface area (Å²) in [6, 6.07) is 2.22. The van der Waals surface area contributed by atoms with Crippen molar-refractivity contribution in [2.75, 3.05) is 0 Å². The molecule has 0 aliphatic rings.